The zero-order valence-corrected chi connectivity index (χ0v) is 19.6. The van der Waals surface area contributed by atoms with Crippen LogP contribution in [0.4, 0.5) is 10.1 Å². The second-order valence-electron chi connectivity index (χ2n) is 7.75. The third-order valence-electron chi connectivity index (χ3n) is 5.36. The molecule has 1 N–H and O–H groups in total. The zero-order valence-electron chi connectivity index (χ0n) is 18.8. The maximum atomic E-state index is 14.5. The van der Waals surface area contributed by atoms with Crippen molar-refractivity contribution in [2.24, 2.45) is 0 Å². The molecule has 8 heteroatoms. The third-order valence-corrected chi connectivity index (χ3v) is 6.30. The summed E-state index contributed by atoms with van der Waals surface area (Å²) in [6, 6.07) is 23.0. The summed E-state index contributed by atoms with van der Waals surface area (Å²) in [6.07, 6.45) is 0.788. The van der Waals surface area contributed by atoms with E-state index in [9.17, 15) is 14.0 Å². The molecule has 4 rings (SSSR count). The van der Waals surface area contributed by atoms with Crippen LogP contribution in [0, 0.1) is 5.82 Å². The highest BCUT2D eigenvalue weighted by Gasteiger charge is 2.17. The van der Waals surface area contributed by atoms with E-state index in [-0.39, 0.29) is 28.1 Å². The van der Waals surface area contributed by atoms with E-state index in [1.165, 1.54) is 16.7 Å². The molecular formula is C26H25FN4O2S. The molecule has 1 heterocycles. The van der Waals surface area contributed by atoms with Crippen molar-refractivity contribution in [2.75, 3.05) is 30.8 Å². The fourth-order valence-corrected chi connectivity index (χ4v) is 4.43. The van der Waals surface area contributed by atoms with Crippen molar-refractivity contribution in [2.45, 2.75) is 11.6 Å². The lowest BCUT2D eigenvalue weighted by Crippen LogP contribution is -2.30. The van der Waals surface area contributed by atoms with Gasteiger partial charge in [0.15, 0.2) is 5.16 Å². The Morgan fingerprint density at radius 2 is 1.74 bits per heavy atom. The molecule has 0 saturated heterocycles. The van der Waals surface area contributed by atoms with Gasteiger partial charge >= 0.3 is 0 Å². The molecule has 0 fully saturated rings. The van der Waals surface area contributed by atoms with Gasteiger partial charge in [-0.1, -0.05) is 54.2 Å². The van der Waals surface area contributed by atoms with Gasteiger partial charge in [0.2, 0.25) is 5.91 Å². The number of hydrogen-bond acceptors (Lipinski definition) is 5. The normalized spacial score (nSPS) is 10.9. The van der Waals surface area contributed by atoms with Crippen molar-refractivity contribution in [1.82, 2.24) is 14.9 Å². The topological polar surface area (TPSA) is 67.2 Å². The Morgan fingerprint density at radius 1 is 1.03 bits per heavy atom. The maximum Gasteiger partial charge on any atom is 0.266 e. The summed E-state index contributed by atoms with van der Waals surface area (Å²) < 4.78 is 15.8. The number of amides is 1. The largest absolute Gasteiger partial charge is 0.375 e. The second-order valence-corrected chi connectivity index (χ2v) is 8.70. The number of nitrogens with one attached hydrogen (secondary N) is 1. The Bertz CT molecular complexity index is 1340. The molecule has 0 bridgehead atoms. The van der Waals surface area contributed by atoms with Crippen molar-refractivity contribution < 1.29 is 9.18 Å². The summed E-state index contributed by atoms with van der Waals surface area (Å²) in [5.74, 6) is -0.640. The standard InChI is InChI=1S/C26H25FN4O2S/c1-30(19-10-3-2-4-11-19)17-9-16-28-24(32)18-34-26-29-22-14-7-5-12-20(22)25(33)31(26)23-15-8-6-13-21(23)27/h2-8,10-15H,9,16-18H2,1H3,(H,28,32). The van der Waals surface area contributed by atoms with Gasteiger partial charge in [-0.15, -0.1) is 0 Å². The summed E-state index contributed by atoms with van der Waals surface area (Å²) >= 11 is 1.11. The van der Waals surface area contributed by atoms with Crippen molar-refractivity contribution in [3.8, 4) is 5.69 Å². The Morgan fingerprint density at radius 3 is 2.53 bits per heavy atom. The number of carbonyl (C=O) groups excluding carboxylic acids is 1. The minimum atomic E-state index is -0.532. The number of hydrogen-bond donors (Lipinski definition) is 1. The van der Waals surface area contributed by atoms with Crippen molar-refractivity contribution in [3.63, 3.8) is 0 Å². The lowest BCUT2D eigenvalue weighted by atomic mass is 10.2. The fourth-order valence-electron chi connectivity index (χ4n) is 3.59. The van der Waals surface area contributed by atoms with E-state index in [2.05, 4.69) is 15.2 Å². The predicted octanol–water partition coefficient (Wildman–Crippen LogP) is 4.26. The first-order chi connectivity index (χ1) is 16.5. The summed E-state index contributed by atoms with van der Waals surface area (Å²) in [6.45, 7) is 1.33. The monoisotopic (exact) mass is 476 g/mol. The number of fused-ring (bicyclic) bond motifs is 1. The predicted molar refractivity (Wildman–Crippen MR) is 135 cm³/mol. The highest BCUT2D eigenvalue weighted by molar-refractivity contribution is 7.99. The zero-order chi connectivity index (χ0) is 23.9. The number of nitrogens with zero attached hydrogens (tertiary/aromatic N) is 3. The highest BCUT2D eigenvalue weighted by Crippen LogP contribution is 2.22. The highest BCUT2D eigenvalue weighted by atomic mass is 32.2. The van der Waals surface area contributed by atoms with Gasteiger partial charge in [0.25, 0.3) is 5.56 Å². The molecule has 0 unspecified atom stereocenters. The molecule has 0 aliphatic carbocycles. The first-order valence-electron chi connectivity index (χ1n) is 11.0. The second kappa shape index (κ2) is 11.0. The van der Waals surface area contributed by atoms with Gasteiger partial charge in [-0.25, -0.2) is 9.37 Å². The number of thioether (sulfide) groups is 1. The number of halogens is 1. The minimum absolute atomic E-state index is 0.0633. The molecule has 4 aromatic rings. The number of benzene rings is 3. The molecule has 34 heavy (non-hydrogen) atoms. The first kappa shape index (κ1) is 23.5. The molecule has 0 spiro atoms. The molecule has 174 valence electrons. The van der Waals surface area contributed by atoms with Crippen LogP contribution in [0.1, 0.15) is 6.42 Å². The van der Waals surface area contributed by atoms with E-state index in [4.69, 9.17) is 0 Å². The Labute approximate surface area is 201 Å². The molecular weight excluding hydrogens is 451 g/mol. The lowest BCUT2D eigenvalue weighted by molar-refractivity contribution is -0.118. The number of aromatic nitrogens is 2. The molecule has 1 aromatic heterocycles. The van der Waals surface area contributed by atoms with Crippen LogP contribution in [0.3, 0.4) is 0 Å². The van der Waals surface area contributed by atoms with E-state index in [0.717, 1.165) is 30.4 Å². The van der Waals surface area contributed by atoms with Crippen molar-refractivity contribution >= 4 is 34.3 Å². The van der Waals surface area contributed by atoms with Gasteiger partial charge in [-0.2, -0.15) is 0 Å². The maximum absolute atomic E-state index is 14.5. The summed E-state index contributed by atoms with van der Waals surface area (Å²) in [5.41, 5.74) is 1.37. The van der Waals surface area contributed by atoms with Crippen LogP contribution in [0.2, 0.25) is 0 Å². The lowest BCUT2D eigenvalue weighted by Gasteiger charge is -2.19. The van der Waals surface area contributed by atoms with E-state index in [1.54, 1.807) is 36.4 Å². The smallest absolute Gasteiger partial charge is 0.266 e. The van der Waals surface area contributed by atoms with Crippen molar-refractivity contribution in [3.05, 3.63) is 95.0 Å². The molecule has 0 aliphatic rings. The van der Waals surface area contributed by atoms with Crippen LogP contribution >= 0.6 is 11.8 Å². The number of para-hydroxylation sites is 3. The van der Waals surface area contributed by atoms with Gasteiger partial charge in [-0.3, -0.25) is 14.2 Å². The van der Waals surface area contributed by atoms with Crippen LogP contribution in [-0.4, -0.2) is 41.3 Å². The summed E-state index contributed by atoms with van der Waals surface area (Å²) in [7, 11) is 2.01. The quantitative estimate of drug-likeness (QED) is 0.222. The Kier molecular flexibility index (Phi) is 7.59. The number of carbonyl (C=O) groups is 1. The average Bonchev–Trinajstić information content (AvgIpc) is 2.86. The van der Waals surface area contributed by atoms with E-state index >= 15 is 0 Å². The van der Waals surface area contributed by atoms with Crippen LogP contribution < -0.4 is 15.8 Å². The molecule has 0 radical (unpaired) electrons. The van der Waals surface area contributed by atoms with E-state index in [0.29, 0.717) is 17.4 Å². The molecule has 0 aliphatic heterocycles. The van der Waals surface area contributed by atoms with Crippen molar-refractivity contribution in [1.29, 1.82) is 0 Å². The molecule has 0 atom stereocenters. The molecule has 3 aromatic carbocycles. The van der Waals surface area contributed by atoms with Gasteiger partial charge in [0, 0.05) is 25.8 Å². The Balaban J connectivity index is 1.43. The van der Waals surface area contributed by atoms with E-state index < -0.39 is 5.82 Å². The number of rotatable bonds is 9. The summed E-state index contributed by atoms with van der Waals surface area (Å²) in [5, 5.41) is 3.57. The van der Waals surface area contributed by atoms with Crippen LogP contribution in [0.5, 0.6) is 0 Å². The van der Waals surface area contributed by atoms with Gasteiger partial charge in [0.1, 0.15) is 5.82 Å². The number of anilines is 1. The molecule has 0 saturated carbocycles. The van der Waals surface area contributed by atoms with Crippen LogP contribution in [-0.2, 0) is 4.79 Å². The Hall–Kier alpha value is -3.65. The molecule has 1 amide bonds. The summed E-state index contributed by atoms with van der Waals surface area (Å²) in [4.78, 5) is 32.3. The van der Waals surface area contributed by atoms with E-state index in [1.807, 2.05) is 37.4 Å². The third kappa shape index (κ3) is 5.46. The van der Waals surface area contributed by atoms with Crippen LogP contribution in [0.15, 0.2) is 88.8 Å². The van der Waals surface area contributed by atoms with Gasteiger partial charge < -0.3 is 10.2 Å². The fraction of sp³-hybridized carbons (Fsp3) is 0.192. The SMILES string of the molecule is CN(CCCNC(=O)CSc1nc2ccccc2c(=O)n1-c1ccccc1F)c1ccccc1. The average molecular weight is 477 g/mol. The minimum Gasteiger partial charge on any atom is -0.375 e. The molecule has 6 nitrogen and oxygen atoms in total. The van der Waals surface area contributed by atoms with Gasteiger partial charge in [0.05, 0.1) is 22.3 Å². The first-order valence-corrected chi connectivity index (χ1v) is 12.0. The van der Waals surface area contributed by atoms with Gasteiger partial charge in [-0.05, 0) is 42.8 Å². The van der Waals surface area contributed by atoms with Crippen LogP contribution in [0.25, 0.3) is 16.6 Å².